The lowest BCUT2D eigenvalue weighted by atomic mass is 9.99. The van der Waals surface area contributed by atoms with Crippen LogP contribution in [0, 0.1) is 5.41 Å². The van der Waals surface area contributed by atoms with Gasteiger partial charge >= 0.3 is 12.1 Å². The van der Waals surface area contributed by atoms with E-state index in [1.54, 1.807) is 0 Å². The minimum Gasteiger partial charge on any atom is -0.481 e. The van der Waals surface area contributed by atoms with Gasteiger partial charge in [-0.2, -0.15) is 4.98 Å². The number of carboxylic acids is 1. The molecule has 0 unspecified atom stereocenters. The molecule has 2 heterocycles. The van der Waals surface area contributed by atoms with Gasteiger partial charge in [-0.05, 0) is 37.5 Å². The molecule has 2 N–H and O–H groups in total. The number of piperazine rings is 1. The lowest BCUT2D eigenvalue weighted by Crippen LogP contribution is -2.56. The molecule has 43 heavy (non-hydrogen) atoms. The predicted molar refractivity (Wildman–Crippen MR) is 157 cm³/mol. The third kappa shape index (κ3) is 9.39. The van der Waals surface area contributed by atoms with Crippen LogP contribution < -0.4 is 10.1 Å². The van der Waals surface area contributed by atoms with Gasteiger partial charge < -0.3 is 29.7 Å². The summed E-state index contributed by atoms with van der Waals surface area (Å²) in [6.07, 6.45) is 3.08. The van der Waals surface area contributed by atoms with E-state index in [4.69, 9.17) is 9.47 Å². The minimum absolute atomic E-state index is 0.00346. The predicted octanol–water partition coefficient (Wildman–Crippen LogP) is 3.76. The van der Waals surface area contributed by atoms with Crippen LogP contribution in [0.25, 0.3) is 11.4 Å². The number of rotatable bonds is 10. The number of hydrogen-bond acceptors (Lipinski definition) is 8. The van der Waals surface area contributed by atoms with Crippen molar-refractivity contribution < 1.29 is 33.8 Å². The molecule has 1 saturated carbocycles. The van der Waals surface area contributed by atoms with Crippen LogP contribution in [0.4, 0.5) is 4.79 Å². The quantitative estimate of drug-likeness (QED) is 0.418. The number of carboxylic acid groups (broad SMARTS) is 1. The summed E-state index contributed by atoms with van der Waals surface area (Å²) in [6.45, 7) is 7.17. The van der Waals surface area contributed by atoms with Gasteiger partial charge in [0.25, 0.3) is 5.91 Å². The first-order valence-corrected chi connectivity index (χ1v) is 14.8. The highest BCUT2D eigenvalue weighted by atomic mass is 16.6. The molecule has 2 aromatic rings. The molecule has 0 radical (unpaired) electrons. The number of aromatic nitrogens is 2. The molecule has 0 bridgehead atoms. The van der Waals surface area contributed by atoms with Crippen molar-refractivity contribution in [2.45, 2.75) is 71.4 Å². The number of ether oxygens (including phenoxy) is 2. The Balaban J connectivity index is 1.47. The van der Waals surface area contributed by atoms with Gasteiger partial charge in [-0.15, -0.1) is 0 Å². The third-order valence-electron chi connectivity index (χ3n) is 7.29. The highest BCUT2D eigenvalue weighted by Gasteiger charge is 2.32. The van der Waals surface area contributed by atoms with Gasteiger partial charge in [0.2, 0.25) is 11.8 Å². The summed E-state index contributed by atoms with van der Waals surface area (Å²) in [4.78, 5) is 62.9. The standard InChI is InChI=1S/C31H41N5O7/c1-31(2,3)20-42-30(41)36-17-15-35(16-18-36)29(40)23(13-14-26(37)38)33-28(39)24-19-25(43-22-11-7-8-12-22)34-27(32-24)21-9-5-4-6-10-21/h4-6,9-10,19,22-23H,7-8,11-18,20H2,1-3H3,(H,33,39)(H,37,38)/t23-/m0/s1. The lowest BCUT2D eigenvalue weighted by Gasteiger charge is -2.36. The van der Waals surface area contributed by atoms with E-state index in [1.165, 1.54) is 15.9 Å². The molecule has 2 fully saturated rings. The largest absolute Gasteiger partial charge is 0.481 e. The second-order valence-corrected chi connectivity index (χ2v) is 12.2. The number of carbonyl (C=O) groups is 4. The van der Waals surface area contributed by atoms with E-state index in [0.717, 1.165) is 25.7 Å². The number of amides is 3. The number of aliphatic carboxylic acids is 1. The number of nitrogens with one attached hydrogen (secondary N) is 1. The van der Waals surface area contributed by atoms with E-state index in [9.17, 15) is 24.3 Å². The summed E-state index contributed by atoms with van der Waals surface area (Å²) < 4.78 is 11.5. The van der Waals surface area contributed by atoms with E-state index < -0.39 is 29.9 Å². The molecule has 3 amide bonds. The molecule has 4 rings (SSSR count). The highest BCUT2D eigenvalue weighted by Crippen LogP contribution is 2.25. The summed E-state index contributed by atoms with van der Waals surface area (Å²) in [6, 6.07) is 9.56. The molecule has 1 atom stereocenters. The highest BCUT2D eigenvalue weighted by molar-refractivity contribution is 5.96. The molecule has 1 aromatic heterocycles. The van der Waals surface area contributed by atoms with Crippen LogP contribution in [-0.2, 0) is 14.3 Å². The van der Waals surface area contributed by atoms with Crippen LogP contribution in [-0.4, -0.2) is 93.7 Å². The maximum absolute atomic E-state index is 13.5. The fourth-order valence-corrected chi connectivity index (χ4v) is 4.95. The molecule has 1 aromatic carbocycles. The van der Waals surface area contributed by atoms with E-state index in [2.05, 4.69) is 15.3 Å². The van der Waals surface area contributed by atoms with Crippen molar-refractivity contribution in [2.24, 2.45) is 5.41 Å². The van der Waals surface area contributed by atoms with Crippen molar-refractivity contribution in [1.29, 1.82) is 0 Å². The molecular weight excluding hydrogens is 554 g/mol. The van der Waals surface area contributed by atoms with Crippen molar-refractivity contribution in [3.8, 4) is 17.3 Å². The van der Waals surface area contributed by atoms with Crippen LogP contribution in [0.2, 0.25) is 0 Å². The van der Waals surface area contributed by atoms with E-state index >= 15 is 0 Å². The SMILES string of the molecule is CC(C)(C)COC(=O)N1CCN(C(=O)[C@H](CCC(=O)O)NC(=O)c2cc(OC3CCCC3)nc(-c3ccccc3)n2)CC1. The second-order valence-electron chi connectivity index (χ2n) is 12.2. The molecule has 1 aliphatic heterocycles. The molecular formula is C31H41N5O7. The van der Waals surface area contributed by atoms with Crippen molar-refractivity contribution >= 4 is 23.9 Å². The summed E-state index contributed by atoms with van der Waals surface area (Å²) >= 11 is 0. The van der Waals surface area contributed by atoms with Crippen LogP contribution >= 0.6 is 0 Å². The third-order valence-corrected chi connectivity index (χ3v) is 7.29. The van der Waals surface area contributed by atoms with Gasteiger partial charge in [0, 0.05) is 44.2 Å². The molecule has 12 heteroatoms. The summed E-state index contributed by atoms with van der Waals surface area (Å²) in [5.74, 6) is -1.56. The Labute approximate surface area is 251 Å². The number of hydrogen-bond donors (Lipinski definition) is 2. The molecule has 2 aliphatic rings. The van der Waals surface area contributed by atoms with Gasteiger partial charge in [0.05, 0.1) is 6.61 Å². The Morgan fingerprint density at radius 3 is 2.28 bits per heavy atom. The zero-order valence-electron chi connectivity index (χ0n) is 25.1. The fourth-order valence-electron chi connectivity index (χ4n) is 4.95. The molecule has 0 spiro atoms. The van der Waals surface area contributed by atoms with E-state index in [1.807, 2.05) is 51.1 Å². The number of benzene rings is 1. The van der Waals surface area contributed by atoms with Crippen molar-refractivity contribution in [1.82, 2.24) is 25.1 Å². The van der Waals surface area contributed by atoms with Gasteiger partial charge in [0.15, 0.2) is 5.82 Å². The maximum Gasteiger partial charge on any atom is 0.409 e. The molecule has 1 aliphatic carbocycles. The average Bonchev–Trinajstić information content (AvgIpc) is 3.50. The fraction of sp³-hybridized carbons (Fsp3) is 0.548. The molecule has 12 nitrogen and oxygen atoms in total. The van der Waals surface area contributed by atoms with Gasteiger partial charge in [-0.1, -0.05) is 51.1 Å². The lowest BCUT2D eigenvalue weighted by molar-refractivity contribution is -0.138. The Kier molecular flexibility index (Phi) is 10.5. The van der Waals surface area contributed by atoms with Crippen LogP contribution in [0.1, 0.15) is 69.8 Å². The first-order chi connectivity index (χ1) is 20.5. The minimum atomic E-state index is -1.10. The summed E-state index contributed by atoms with van der Waals surface area (Å²) in [5, 5.41) is 12.0. The first-order valence-electron chi connectivity index (χ1n) is 14.8. The number of nitrogens with zero attached hydrogens (tertiary/aromatic N) is 4. The Bertz CT molecular complexity index is 1280. The topological polar surface area (TPSA) is 151 Å². The molecule has 232 valence electrons. The normalized spacial score (nSPS) is 16.4. The zero-order valence-corrected chi connectivity index (χ0v) is 25.1. The second kappa shape index (κ2) is 14.3. The van der Waals surface area contributed by atoms with Crippen molar-refractivity contribution in [3.05, 3.63) is 42.1 Å². The van der Waals surface area contributed by atoms with Crippen LogP contribution in [0.3, 0.4) is 0 Å². The summed E-state index contributed by atoms with van der Waals surface area (Å²) in [5.41, 5.74) is 0.546. The van der Waals surface area contributed by atoms with Gasteiger partial charge in [0.1, 0.15) is 17.8 Å². The average molecular weight is 596 g/mol. The monoisotopic (exact) mass is 595 g/mol. The summed E-state index contributed by atoms with van der Waals surface area (Å²) in [7, 11) is 0. The number of carbonyl (C=O) groups excluding carboxylic acids is 3. The first kappa shape index (κ1) is 31.7. The Morgan fingerprint density at radius 1 is 1.00 bits per heavy atom. The Morgan fingerprint density at radius 2 is 1.65 bits per heavy atom. The Hall–Kier alpha value is -4.22. The van der Waals surface area contributed by atoms with Crippen LogP contribution in [0.15, 0.2) is 36.4 Å². The molecule has 1 saturated heterocycles. The van der Waals surface area contributed by atoms with Crippen molar-refractivity contribution in [3.63, 3.8) is 0 Å². The maximum atomic E-state index is 13.5. The zero-order chi connectivity index (χ0) is 31.0. The van der Waals surface area contributed by atoms with E-state index in [-0.39, 0.29) is 68.7 Å². The van der Waals surface area contributed by atoms with Gasteiger partial charge in [-0.3, -0.25) is 14.4 Å². The van der Waals surface area contributed by atoms with Crippen LogP contribution in [0.5, 0.6) is 5.88 Å². The van der Waals surface area contributed by atoms with Gasteiger partial charge in [-0.25, -0.2) is 9.78 Å². The van der Waals surface area contributed by atoms with Crippen molar-refractivity contribution in [2.75, 3.05) is 32.8 Å². The smallest absolute Gasteiger partial charge is 0.409 e. The van der Waals surface area contributed by atoms with E-state index in [0.29, 0.717) is 11.4 Å².